The van der Waals surface area contributed by atoms with E-state index < -0.39 is 15.2 Å². The Morgan fingerprint density at radius 2 is 1.30 bits per heavy atom. The van der Waals surface area contributed by atoms with Gasteiger partial charge in [0.15, 0.2) is 0 Å². The molecule has 0 aliphatic heterocycles. The number of ether oxygens (including phenoxy) is 2. The highest BCUT2D eigenvalue weighted by atomic mass is 31.2. The third-order valence-electron chi connectivity index (χ3n) is 1.93. The lowest BCUT2D eigenvalue weighted by Gasteiger charge is -2.18. The molecule has 0 atom stereocenters. The fraction of sp³-hybridized carbons (Fsp3) is 0.286. The molecule has 0 spiro atoms. The number of anilines is 2. The van der Waals surface area contributed by atoms with Gasteiger partial charge in [-0.3, -0.25) is 31.1 Å². The van der Waals surface area contributed by atoms with E-state index >= 15 is 0 Å². The van der Waals surface area contributed by atoms with E-state index in [1.807, 2.05) is 0 Å². The van der Waals surface area contributed by atoms with Crippen LogP contribution in [0, 0.1) is 0 Å². The molecular formula is C7H17N7O4P2. The van der Waals surface area contributed by atoms with Crippen molar-refractivity contribution in [3.63, 3.8) is 0 Å². The van der Waals surface area contributed by atoms with Crippen LogP contribution in [0.3, 0.4) is 0 Å². The first kappa shape index (κ1) is 16.7. The first-order valence-corrected chi connectivity index (χ1v) is 8.78. The van der Waals surface area contributed by atoms with Crippen LogP contribution in [-0.2, 0) is 9.13 Å². The van der Waals surface area contributed by atoms with Crippen molar-refractivity contribution in [3.8, 4) is 11.8 Å². The summed E-state index contributed by atoms with van der Waals surface area (Å²) in [6.45, 7) is 0. The van der Waals surface area contributed by atoms with Crippen LogP contribution in [0.2, 0.25) is 0 Å². The molecule has 1 aromatic rings. The van der Waals surface area contributed by atoms with Crippen molar-refractivity contribution < 1.29 is 18.6 Å². The van der Waals surface area contributed by atoms with Crippen LogP contribution < -0.4 is 41.7 Å². The lowest BCUT2D eigenvalue weighted by atomic mass is 10.3. The molecule has 13 heteroatoms. The maximum absolute atomic E-state index is 11.4. The normalized spacial score (nSPS) is 11.9. The molecule has 1 aromatic heterocycles. The number of hydrogen-bond acceptors (Lipinski definition) is 5. The molecule has 10 N–H and O–H groups in total. The first-order chi connectivity index (χ1) is 9.05. The van der Waals surface area contributed by atoms with Gasteiger partial charge < -0.3 is 19.6 Å². The van der Waals surface area contributed by atoms with Gasteiger partial charge in [0, 0.05) is 0 Å². The average molecular weight is 325 g/mol. The van der Waals surface area contributed by atoms with Crippen molar-refractivity contribution in [2.45, 2.75) is 0 Å². The molecule has 1 heterocycles. The minimum Gasteiger partial charge on any atom is -0.479 e. The van der Waals surface area contributed by atoms with E-state index in [2.05, 4.69) is 15.2 Å². The van der Waals surface area contributed by atoms with E-state index in [9.17, 15) is 9.13 Å². The third-order valence-corrected chi connectivity index (χ3v) is 3.11. The molecule has 11 nitrogen and oxygen atoms in total. The zero-order valence-corrected chi connectivity index (χ0v) is 12.7. The van der Waals surface area contributed by atoms with E-state index in [-0.39, 0.29) is 23.1 Å². The molecule has 0 saturated carbocycles. The second-order valence-corrected chi connectivity index (χ2v) is 7.03. The molecule has 1 rings (SSSR count). The van der Waals surface area contributed by atoms with Crippen LogP contribution in [0.4, 0.5) is 11.4 Å². The molecule has 0 unspecified atom stereocenters. The maximum Gasteiger partial charge on any atom is 0.298 e. The zero-order valence-electron chi connectivity index (χ0n) is 10.9. The Labute approximate surface area is 115 Å². The Hall–Kier alpha value is -1.35. The first-order valence-electron chi connectivity index (χ1n) is 5.09. The van der Waals surface area contributed by atoms with Crippen LogP contribution in [-0.4, -0.2) is 19.2 Å². The highest BCUT2D eigenvalue weighted by Crippen LogP contribution is 2.41. The number of hydrogen-bond donors (Lipinski definition) is 6. The highest BCUT2D eigenvalue weighted by Gasteiger charge is 2.20. The zero-order chi connectivity index (χ0) is 15.6. The smallest absolute Gasteiger partial charge is 0.298 e. The lowest BCUT2D eigenvalue weighted by Crippen LogP contribution is -2.16. The Kier molecular flexibility index (Phi) is 4.98. The summed E-state index contributed by atoms with van der Waals surface area (Å²) < 4.78 is 32.8. The summed E-state index contributed by atoms with van der Waals surface area (Å²) in [5, 5.41) is 4.67. The van der Waals surface area contributed by atoms with Gasteiger partial charge in [0.1, 0.15) is 11.4 Å². The number of nitrogens with one attached hydrogen (secondary N) is 2. The van der Waals surface area contributed by atoms with E-state index in [0.717, 1.165) is 0 Å². The monoisotopic (exact) mass is 325 g/mol. The van der Waals surface area contributed by atoms with Crippen molar-refractivity contribution in [2.75, 3.05) is 24.4 Å². The van der Waals surface area contributed by atoms with Gasteiger partial charge in [-0.15, -0.1) is 0 Å². The van der Waals surface area contributed by atoms with Gasteiger partial charge in [-0.25, -0.2) is 0 Å². The minimum absolute atomic E-state index is 0.0207. The summed E-state index contributed by atoms with van der Waals surface area (Å²) in [6.07, 6.45) is 0. The molecule has 0 saturated heterocycles. The molecule has 20 heavy (non-hydrogen) atoms. The largest absolute Gasteiger partial charge is 0.479 e. The number of nitrogens with zero attached hydrogens (tertiary/aromatic N) is 1. The molecule has 0 bridgehead atoms. The molecular weight excluding hydrogens is 308 g/mol. The summed E-state index contributed by atoms with van der Waals surface area (Å²) >= 11 is 0. The maximum atomic E-state index is 11.4. The van der Waals surface area contributed by atoms with Crippen molar-refractivity contribution in [3.05, 3.63) is 6.07 Å². The van der Waals surface area contributed by atoms with Gasteiger partial charge >= 0.3 is 0 Å². The van der Waals surface area contributed by atoms with Gasteiger partial charge in [0.05, 0.1) is 14.2 Å². The second-order valence-electron chi connectivity index (χ2n) is 3.74. The minimum atomic E-state index is -3.59. The van der Waals surface area contributed by atoms with Crippen molar-refractivity contribution in [1.29, 1.82) is 0 Å². The number of methoxy groups -OCH3 is 2. The van der Waals surface area contributed by atoms with Gasteiger partial charge in [0.2, 0.25) is 11.8 Å². The summed E-state index contributed by atoms with van der Waals surface area (Å²) in [5.74, 6) is 0.0415. The third kappa shape index (κ3) is 4.97. The van der Waals surface area contributed by atoms with Crippen LogP contribution in [0.5, 0.6) is 11.8 Å². The molecule has 0 aromatic carbocycles. The Bertz CT molecular complexity index is 536. The van der Waals surface area contributed by atoms with E-state index in [0.29, 0.717) is 0 Å². The number of rotatable bonds is 6. The molecule has 0 radical (unpaired) electrons. The molecule has 0 amide bonds. The van der Waals surface area contributed by atoms with Gasteiger partial charge in [-0.05, 0) is 6.07 Å². The topological polar surface area (TPSA) is 194 Å². The fourth-order valence-electron chi connectivity index (χ4n) is 1.33. The van der Waals surface area contributed by atoms with Crippen LogP contribution in [0.25, 0.3) is 0 Å². The predicted molar refractivity (Wildman–Crippen MR) is 76.5 cm³/mol. The van der Waals surface area contributed by atoms with Crippen LogP contribution in [0.1, 0.15) is 0 Å². The lowest BCUT2D eigenvalue weighted by molar-refractivity contribution is 0.367. The van der Waals surface area contributed by atoms with Gasteiger partial charge in [-0.2, -0.15) is 4.98 Å². The number of aromatic nitrogens is 1. The summed E-state index contributed by atoms with van der Waals surface area (Å²) in [7, 11) is -4.53. The number of pyridine rings is 1. The Balaban J connectivity index is 3.33. The molecule has 0 aliphatic rings. The van der Waals surface area contributed by atoms with E-state index in [1.54, 1.807) is 0 Å². The van der Waals surface area contributed by atoms with Crippen LogP contribution >= 0.6 is 15.2 Å². The second kappa shape index (κ2) is 5.96. The molecule has 0 fully saturated rings. The van der Waals surface area contributed by atoms with Gasteiger partial charge in [-0.1, -0.05) is 0 Å². The molecule has 114 valence electrons. The quantitative estimate of drug-likeness (QED) is 0.384. The number of nitrogens with two attached hydrogens (primary N) is 4. The average Bonchev–Trinajstić information content (AvgIpc) is 2.25. The SMILES string of the molecule is COc1nc(OC)c(NP(N)(N)=O)cc1NP(N)(N)=O. The van der Waals surface area contributed by atoms with Crippen molar-refractivity contribution in [1.82, 2.24) is 4.98 Å². The summed E-state index contributed by atoms with van der Waals surface area (Å²) in [6, 6.07) is 1.31. The fourth-order valence-corrected chi connectivity index (χ4v) is 2.40. The van der Waals surface area contributed by atoms with Crippen molar-refractivity contribution in [2.24, 2.45) is 22.0 Å². The highest BCUT2D eigenvalue weighted by molar-refractivity contribution is 7.60. The van der Waals surface area contributed by atoms with E-state index in [4.69, 9.17) is 31.5 Å². The standard InChI is InChI=1S/C7H17N7O4P2/c1-17-6-4(13-19(8,9)15)3-5(7(12-6)18-2)14-20(10,11)16/h3H,1-2H3,(H5,8,9,13,15)(H5,10,11,14,16). The van der Waals surface area contributed by atoms with Crippen molar-refractivity contribution >= 4 is 26.6 Å². The predicted octanol–water partition coefficient (Wildman–Crippen LogP) is -0.0264. The summed E-state index contributed by atoms with van der Waals surface area (Å²) in [4.78, 5) is 3.94. The Morgan fingerprint density at radius 3 is 1.55 bits per heavy atom. The van der Waals surface area contributed by atoms with Gasteiger partial charge in [0.25, 0.3) is 15.2 Å². The summed E-state index contributed by atoms with van der Waals surface area (Å²) in [5.41, 5.74) is 21.1. The van der Waals surface area contributed by atoms with E-state index in [1.165, 1.54) is 20.3 Å². The van der Waals surface area contributed by atoms with Crippen LogP contribution in [0.15, 0.2) is 6.07 Å². The Morgan fingerprint density at radius 1 is 0.950 bits per heavy atom. The molecule has 0 aliphatic carbocycles.